The largest absolute Gasteiger partial charge is 0.383 e. The van der Waals surface area contributed by atoms with Crippen molar-refractivity contribution in [1.29, 1.82) is 0 Å². The van der Waals surface area contributed by atoms with Crippen LogP contribution < -0.4 is 0 Å². The highest BCUT2D eigenvalue weighted by molar-refractivity contribution is 7.15. The van der Waals surface area contributed by atoms with E-state index in [0.717, 1.165) is 27.5 Å². The summed E-state index contributed by atoms with van der Waals surface area (Å²) in [6.07, 6.45) is 2.94. The van der Waals surface area contributed by atoms with Crippen LogP contribution >= 0.6 is 22.9 Å². The molecule has 0 spiro atoms. The van der Waals surface area contributed by atoms with Crippen LogP contribution in [0.1, 0.15) is 11.3 Å². The van der Waals surface area contributed by atoms with Gasteiger partial charge in [-0.25, -0.2) is 9.37 Å². The van der Waals surface area contributed by atoms with Crippen molar-refractivity contribution in [3.8, 4) is 11.3 Å². The average molecular weight is 472 g/mol. The number of hydrogen-bond donors (Lipinski definition) is 0. The van der Waals surface area contributed by atoms with E-state index in [4.69, 9.17) is 21.3 Å². The molecule has 0 atom stereocenters. The normalized spacial score (nSPS) is 11.2. The summed E-state index contributed by atoms with van der Waals surface area (Å²) >= 11 is 7.57. The number of imidazole rings is 1. The number of nitrogens with zero attached hydrogens (tertiary/aromatic N) is 3. The van der Waals surface area contributed by atoms with Gasteiger partial charge in [0.05, 0.1) is 18.7 Å². The molecule has 8 heteroatoms. The third-order valence-electron chi connectivity index (χ3n) is 5.25. The van der Waals surface area contributed by atoms with E-state index in [1.165, 1.54) is 12.1 Å². The van der Waals surface area contributed by atoms with E-state index in [9.17, 15) is 9.18 Å². The summed E-state index contributed by atoms with van der Waals surface area (Å²) in [6, 6.07) is 13.7. The number of methoxy groups -OCH3 is 1. The molecule has 0 aliphatic rings. The first-order valence-corrected chi connectivity index (χ1v) is 11.5. The molecule has 1 amide bonds. The number of amides is 1. The second kappa shape index (κ2) is 10.3. The van der Waals surface area contributed by atoms with Crippen LogP contribution in [0.15, 0.2) is 60.1 Å². The lowest BCUT2D eigenvalue weighted by atomic mass is 10.1. The highest BCUT2D eigenvalue weighted by atomic mass is 35.5. The summed E-state index contributed by atoms with van der Waals surface area (Å²) in [4.78, 5) is 20.3. The van der Waals surface area contributed by atoms with Crippen LogP contribution in [0.2, 0.25) is 5.02 Å². The van der Waals surface area contributed by atoms with Gasteiger partial charge in [0, 0.05) is 54.5 Å². The van der Waals surface area contributed by atoms with Gasteiger partial charge in [0.15, 0.2) is 4.96 Å². The number of thiazole rings is 1. The third kappa shape index (κ3) is 5.35. The number of fused-ring (bicyclic) bond motifs is 1. The molecule has 2 aromatic heterocycles. The number of halogens is 2. The van der Waals surface area contributed by atoms with Gasteiger partial charge >= 0.3 is 0 Å². The Balaban J connectivity index is 1.46. The molecule has 2 heterocycles. The van der Waals surface area contributed by atoms with Crippen LogP contribution in [-0.4, -0.2) is 47.0 Å². The Morgan fingerprint density at radius 1 is 1.16 bits per heavy atom. The van der Waals surface area contributed by atoms with Crippen LogP contribution in [0.4, 0.5) is 4.39 Å². The maximum Gasteiger partial charge on any atom is 0.227 e. The van der Waals surface area contributed by atoms with Crippen molar-refractivity contribution in [2.75, 3.05) is 26.8 Å². The van der Waals surface area contributed by atoms with Crippen LogP contribution in [0.25, 0.3) is 16.2 Å². The van der Waals surface area contributed by atoms with E-state index in [1.54, 1.807) is 35.5 Å². The first-order chi connectivity index (χ1) is 15.5. The molecular formula is C24H23ClFN3O2S. The van der Waals surface area contributed by atoms with Gasteiger partial charge in [-0.1, -0.05) is 35.9 Å². The fourth-order valence-electron chi connectivity index (χ4n) is 3.47. The summed E-state index contributed by atoms with van der Waals surface area (Å²) in [6.45, 7) is 1.52. The topological polar surface area (TPSA) is 46.8 Å². The van der Waals surface area contributed by atoms with Crippen molar-refractivity contribution >= 4 is 33.8 Å². The second-order valence-electron chi connectivity index (χ2n) is 7.44. The third-order valence-corrected chi connectivity index (χ3v) is 6.39. The van der Waals surface area contributed by atoms with Gasteiger partial charge in [-0.2, -0.15) is 0 Å². The van der Waals surface area contributed by atoms with Crippen LogP contribution in [-0.2, 0) is 22.4 Å². The Kier molecular flexibility index (Phi) is 7.19. The lowest BCUT2D eigenvalue weighted by Crippen LogP contribution is -2.36. The van der Waals surface area contributed by atoms with E-state index in [2.05, 4.69) is 9.78 Å². The van der Waals surface area contributed by atoms with Crippen LogP contribution in [0, 0.1) is 5.82 Å². The SMILES string of the molecule is COCCN(CCc1csc2nc(-c3ccc(Cl)cc3)cn12)C(=O)Cc1ccc(F)cc1. The van der Waals surface area contributed by atoms with E-state index in [0.29, 0.717) is 31.1 Å². The summed E-state index contributed by atoms with van der Waals surface area (Å²) in [5.41, 5.74) is 3.78. The zero-order valence-electron chi connectivity index (χ0n) is 17.6. The molecule has 0 bridgehead atoms. The van der Waals surface area contributed by atoms with Crippen molar-refractivity contribution in [2.45, 2.75) is 12.8 Å². The molecule has 2 aromatic carbocycles. The number of ether oxygens (including phenoxy) is 1. The maximum absolute atomic E-state index is 13.2. The van der Waals surface area contributed by atoms with Gasteiger partial charge in [-0.3, -0.25) is 9.20 Å². The monoisotopic (exact) mass is 471 g/mol. The fraction of sp³-hybridized carbons (Fsp3) is 0.250. The Morgan fingerprint density at radius 3 is 2.62 bits per heavy atom. The van der Waals surface area contributed by atoms with Crippen molar-refractivity contribution < 1.29 is 13.9 Å². The number of carbonyl (C=O) groups is 1. The summed E-state index contributed by atoms with van der Waals surface area (Å²) in [5, 5.41) is 2.77. The van der Waals surface area contributed by atoms with Gasteiger partial charge in [-0.15, -0.1) is 11.3 Å². The predicted octanol–water partition coefficient (Wildman–Crippen LogP) is 5.12. The molecule has 0 saturated carbocycles. The first-order valence-electron chi connectivity index (χ1n) is 10.3. The lowest BCUT2D eigenvalue weighted by molar-refractivity contribution is -0.131. The van der Waals surface area contributed by atoms with Gasteiger partial charge in [0.2, 0.25) is 5.91 Å². The highest BCUT2D eigenvalue weighted by Gasteiger charge is 2.16. The Morgan fingerprint density at radius 2 is 1.91 bits per heavy atom. The quantitative estimate of drug-likeness (QED) is 0.340. The highest BCUT2D eigenvalue weighted by Crippen LogP contribution is 2.25. The Labute approximate surface area is 195 Å². The number of rotatable bonds is 9. The molecule has 0 N–H and O–H groups in total. The fourth-order valence-corrected chi connectivity index (χ4v) is 4.50. The molecule has 0 aliphatic heterocycles. The smallest absolute Gasteiger partial charge is 0.227 e. The van der Waals surface area contributed by atoms with Gasteiger partial charge < -0.3 is 9.64 Å². The first kappa shape index (κ1) is 22.5. The molecule has 0 radical (unpaired) electrons. The van der Waals surface area contributed by atoms with Gasteiger partial charge in [0.25, 0.3) is 0 Å². The minimum atomic E-state index is -0.308. The number of benzene rings is 2. The molecule has 0 saturated heterocycles. The summed E-state index contributed by atoms with van der Waals surface area (Å²) in [5.74, 6) is -0.315. The van der Waals surface area contributed by atoms with E-state index in [1.807, 2.05) is 30.5 Å². The Hall–Kier alpha value is -2.74. The molecule has 4 aromatic rings. The van der Waals surface area contributed by atoms with E-state index < -0.39 is 0 Å². The van der Waals surface area contributed by atoms with Crippen LogP contribution in [0.3, 0.4) is 0 Å². The molecule has 5 nitrogen and oxygen atoms in total. The second-order valence-corrected chi connectivity index (χ2v) is 8.71. The minimum absolute atomic E-state index is 0.00684. The molecular weight excluding hydrogens is 449 g/mol. The molecule has 0 unspecified atom stereocenters. The average Bonchev–Trinajstić information content (AvgIpc) is 3.37. The van der Waals surface area contributed by atoms with Crippen molar-refractivity contribution in [3.05, 3.63) is 82.2 Å². The molecule has 0 aliphatic carbocycles. The van der Waals surface area contributed by atoms with Crippen LogP contribution in [0.5, 0.6) is 0 Å². The zero-order chi connectivity index (χ0) is 22.5. The minimum Gasteiger partial charge on any atom is -0.383 e. The number of carbonyl (C=O) groups excluding carboxylic acids is 1. The number of hydrogen-bond acceptors (Lipinski definition) is 4. The summed E-state index contributed by atoms with van der Waals surface area (Å²) < 4.78 is 20.4. The number of aromatic nitrogens is 2. The van der Waals surface area contributed by atoms with E-state index in [-0.39, 0.29) is 18.1 Å². The molecule has 0 fully saturated rings. The van der Waals surface area contributed by atoms with Crippen molar-refractivity contribution in [1.82, 2.24) is 14.3 Å². The van der Waals surface area contributed by atoms with Gasteiger partial charge in [-0.05, 0) is 29.8 Å². The van der Waals surface area contributed by atoms with Crippen molar-refractivity contribution in [2.24, 2.45) is 0 Å². The molecule has 4 rings (SSSR count). The lowest BCUT2D eigenvalue weighted by Gasteiger charge is -2.22. The maximum atomic E-state index is 13.2. The standard InChI is InChI=1S/C24H23ClFN3O2S/c1-31-13-12-28(23(30)14-17-2-8-20(26)9-3-17)11-10-21-16-32-24-27-22(15-29(21)24)18-4-6-19(25)7-5-18/h2-9,15-16H,10-14H2,1H3. The van der Waals surface area contributed by atoms with Crippen molar-refractivity contribution in [3.63, 3.8) is 0 Å². The predicted molar refractivity (Wildman–Crippen MR) is 126 cm³/mol. The zero-order valence-corrected chi connectivity index (χ0v) is 19.2. The Bertz CT molecular complexity index is 1190. The summed E-state index contributed by atoms with van der Waals surface area (Å²) in [7, 11) is 1.62. The van der Waals surface area contributed by atoms with Gasteiger partial charge in [0.1, 0.15) is 5.82 Å². The molecule has 166 valence electrons. The van der Waals surface area contributed by atoms with E-state index >= 15 is 0 Å². The molecule has 32 heavy (non-hydrogen) atoms.